The molecular weight excluding hydrogens is 294 g/mol. The zero-order valence-electron chi connectivity index (χ0n) is 12.1. The number of nitrogens with zero attached hydrogens (tertiary/aromatic N) is 2. The van der Waals surface area contributed by atoms with Gasteiger partial charge in [-0.15, -0.1) is 0 Å². The number of nitrogens with one attached hydrogen (secondary N) is 1. The van der Waals surface area contributed by atoms with E-state index in [9.17, 15) is 19.7 Å². The first-order valence-electron chi connectivity index (χ1n) is 6.42. The lowest BCUT2D eigenvalue weighted by Gasteiger charge is -2.06. The number of esters is 2. The highest BCUT2D eigenvalue weighted by Gasteiger charge is 2.24. The number of anilines is 1. The third kappa shape index (κ3) is 4.54. The van der Waals surface area contributed by atoms with Crippen molar-refractivity contribution in [2.45, 2.75) is 13.8 Å². The van der Waals surface area contributed by atoms with Crippen molar-refractivity contribution in [2.24, 2.45) is 5.10 Å². The van der Waals surface area contributed by atoms with Gasteiger partial charge in [-0.25, -0.2) is 9.59 Å². The Hall–Kier alpha value is -2.97. The van der Waals surface area contributed by atoms with Gasteiger partial charge in [-0.05, 0) is 19.9 Å². The van der Waals surface area contributed by atoms with Gasteiger partial charge in [-0.3, -0.25) is 15.5 Å². The molecule has 0 saturated carbocycles. The SMILES string of the molecule is CCOC(=O)C(=NNc1ccccc1[N+](=O)[O-])C(=O)OCC. The number of nitro benzene ring substituents is 1. The van der Waals surface area contributed by atoms with Crippen molar-refractivity contribution in [1.29, 1.82) is 0 Å². The third-order valence-electron chi connectivity index (χ3n) is 2.33. The highest BCUT2D eigenvalue weighted by Crippen LogP contribution is 2.23. The predicted molar refractivity (Wildman–Crippen MR) is 77.4 cm³/mol. The maximum Gasteiger partial charge on any atom is 0.366 e. The summed E-state index contributed by atoms with van der Waals surface area (Å²) in [6.45, 7) is 3.22. The lowest BCUT2D eigenvalue weighted by atomic mass is 10.3. The number of nitro groups is 1. The van der Waals surface area contributed by atoms with E-state index in [1.54, 1.807) is 19.9 Å². The molecule has 1 aromatic rings. The number of hydrogen-bond donors (Lipinski definition) is 1. The average Bonchev–Trinajstić information content (AvgIpc) is 2.48. The molecule has 0 aliphatic heterocycles. The molecule has 0 atom stereocenters. The number of para-hydroxylation sites is 2. The van der Waals surface area contributed by atoms with Crippen molar-refractivity contribution in [3.05, 3.63) is 34.4 Å². The average molecular weight is 309 g/mol. The van der Waals surface area contributed by atoms with E-state index in [4.69, 9.17) is 9.47 Å². The Balaban J connectivity index is 3.05. The van der Waals surface area contributed by atoms with Crippen LogP contribution in [0.2, 0.25) is 0 Å². The van der Waals surface area contributed by atoms with Crippen molar-refractivity contribution in [3.8, 4) is 0 Å². The molecule has 0 heterocycles. The minimum atomic E-state index is -0.980. The third-order valence-corrected chi connectivity index (χ3v) is 2.33. The van der Waals surface area contributed by atoms with E-state index in [1.165, 1.54) is 18.2 Å². The Morgan fingerprint density at radius 3 is 2.23 bits per heavy atom. The van der Waals surface area contributed by atoms with Gasteiger partial charge < -0.3 is 9.47 Å². The van der Waals surface area contributed by atoms with Gasteiger partial charge in [0.05, 0.1) is 18.1 Å². The monoisotopic (exact) mass is 309 g/mol. The van der Waals surface area contributed by atoms with Crippen LogP contribution in [0, 0.1) is 10.1 Å². The summed E-state index contributed by atoms with van der Waals surface area (Å²) in [5.41, 5.74) is 1.47. The van der Waals surface area contributed by atoms with E-state index in [0.29, 0.717) is 0 Å². The summed E-state index contributed by atoms with van der Waals surface area (Å²) in [5.74, 6) is -1.96. The molecule has 0 aliphatic carbocycles. The fourth-order valence-electron chi connectivity index (χ4n) is 1.42. The normalized spacial score (nSPS) is 9.55. The van der Waals surface area contributed by atoms with Gasteiger partial charge in [0.1, 0.15) is 5.69 Å². The first kappa shape index (κ1) is 17.1. The molecule has 0 unspecified atom stereocenters. The van der Waals surface area contributed by atoms with Gasteiger partial charge in [0.25, 0.3) is 11.4 Å². The van der Waals surface area contributed by atoms with Crippen LogP contribution in [0.1, 0.15) is 13.8 Å². The quantitative estimate of drug-likeness (QED) is 0.266. The van der Waals surface area contributed by atoms with E-state index in [2.05, 4.69) is 10.5 Å². The Kier molecular flexibility index (Phi) is 6.48. The first-order valence-corrected chi connectivity index (χ1v) is 6.42. The topological polar surface area (TPSA) is 120 Å². The molecule has 0 saturated heterocycles. The summed E-state index contributed by atoms with van der Waals surface area (Å²) in [5, 5.41) is 14.5. The Bertz CT molecular complexity index is 579. The largest absolute Gasteiger partial charge is 0.461 e. The minimum Gasteiger partial charge on any atom is -0.461 e. The molecular formula is C13H15N3O6. The second kappa shape index (κ2) is 8.35. The lowest BCUT2D eigenvalue weighted by Crippen LogP contribution is -2.29. The second-order valence-corrected chi connectivity index (χ2v) is 3.79. The van der Waals surface area contributed by atoms with Crippen LogP contribution < -0.4 is 5.43 Å². The molecule has 0 bridgehead atoms. The number of hydrazone groups is 1. The van der Waals surface area contributed by atoms with E-state index >= 15 is 0 Å². The van der Waals surface area contributed by atoms with Crippen LogP contribution >= 0.6 is 0 Å². The highest BCUT2D eigenvalue weighted by atomic mass is 16.6. The van der Waals surface area contributed by atoms with Gasteiger partial charge in [-0.1, -0.05) is 12.1 Å². The zero-order valence-corrected chi connectivity index (χ0v) is 12.1. The number of rotatable bonds is 7. The smallest absolute Gasteiger partial charge is 0.366 e. The molecule has 22 heavy (non-hydrogen) atoms. The van der Waals surface area contributed by atoms with E-state index < -0.39 is 22.6 Å². The lowest BCUT2D eigenvalue weighted by molar-refractivity contribution is -0.384. The van der Waals surface area contributed by atoms with Crippen LogP contribution in [-0.2, 0) is 19.1 Å². The van der Waals surface area contributed by atoms with E-state index in [-0.39, 0.29) is 24.6 Å². The Morgan fingerprint density at radius 2 is 1.73 bits per heavy atom. The van der Waals surface area contributed by atoms with Crippen molar-refractivity contribution in [1.82, 2.24) is 0 Å². The molecule has 9 heteroatoms. The predicted octanol–water partition coefficient (Wildman–Crippen LogP) is 1.49. The summed E-state index contributed by atoms with van der Waals surface area (Å²) in [6.07, 6.45) is 0. The summed E-state index contributed by atoms with van der Waals surface area (Å²) in [6, 6.07) is 5.66. The van der Waals surface area contributed by atoms with Gasteiger partial charge in [0, 0.05) is 6.07 Å². The van der Waals surface area contributed by atoms with Crippen LogP contribution in [-0.4, -0.2) is 35.8 Å². The van der Waals surface area contributed by atoms with Crippen molar-refractivity contribution in [3.63, 3.8) is 0 Å². The molecule has 0 fully saturated rings. The minimum absolute atomic E-state index is 0.0265. The molecule has 0 spiro atoms. The maximum absolute atomic E-state index is 11.7. The van der Waals surface area contributed by atoms with Crippen LogP contribution in [0.3, 0.4) is 0 Å². The van der Waals surface area contributed by atoms with Crippen LogP contribution in [0.15, 0.2) is 29.4 Å². The molecule has 118 valence electrons. The number of benzene rings is 1. The van der Waals surface area contributed by atoms with Crippen LogP contribution in [0.5, 0.6) is 0 Å². The van der Waals surface area contributed by atoms with E-state index in [1.807, 2.05) is 0 Å². The summed E-state index contributed by atoms with van der Waals surface area (Å²) < 4.78 is 9.39. The maximum atomic E-state index is 11.7. The van der Waals surface area contributed by atoms with Gasteiger partial charge in [0.2, 0.25) is 0 Å². The molecule has 0 radical (unpaired) electrons. The van der Waals surface area contributed by atoms with Crippen LogP contribution in [0.4, 0.5) is 11.4 Å². The number of carbonyl (C=O) groups is 2. The Morgan fingerprint density at radius 1 is 1.18 bits per heavy atom. The molecule has 1 N–H and O–H groups in total. The number of ether oxygens (including phenoxy) is 2. The van der Waals surface area contributed by atoms with Crippen molar-refractivity contribution < 1.29 is 24.0 Å². The molecule has 0 amide bonds. The standard InChI is InChI=1S/C13H15N3O6/c1-3-21-12(17)11(13(18)22-4-2)15-14-9-7-5-6-8-10(9)16(19)20/h5-8,14H,3-4H2,1-2H3. The number of carbonyl (C=O) groups excluding carboxylic acids is 2. The second-order valence-electron chi connectivity index (χ2n) is 3.79. The molecule has 9 nitrogen and oxygen atoms in total. The summed E-state index contributed by atoms with van der Waals surface area (Å²) in [4.78, 5) is 33.6. The van der Waals surface area contributed by atoms with Crippen LogP contribution in [0.25, 0.3) is 0 Å². The van der Waals surface area contributed by atoms with Gasteiger partial charge >= 0.3 is 11.9 Å². The molecule has 1 aromatic carbocycles. The fraction of sp³-hybridized carbons (Fsp3) is 0.308. The van der Waals surface area contributed by atoms with Gasteiger partial charge in [0.15, 0.2) is 0 Å². The van der Waals surface area contributed by atoms with Crippen molar-refractivity contribution >= 4 is 29.0 Å². The van der Waals surface area contributed by atoms with Gasteiger partial charge in [-0.2, -0.15) is 5.10 Å². The molecule has 0 aliphatic rings. The molecule has 0 aromatic heterocycles. The summed E-state index contributed by atoms with van der Waals surface area (Å²) in [7, 11) is 0. The first-order chi connectivity index (χ1) is 10.5. The van der Waals surface area contributed by atoms with E-state index in [0.717, 1.165) is 0 Å². The fourth-order valence-corrected chi connectivity index (χ4v) is 1.42. The Labute approximate surface area is 126 Å². The van der Waals surface area contributed by atoms with Crippen molar-refractivity contribution in [2.75, 3.05) is 18.6 Å². The summed E-state index contributed by atoms with van der Waals surface area (Å²) >= 11 is 0. The highest BCUT2D eigenvalue weighted by molar-refractivity contribution is 6.62. The molecule has 1 rings (SSSR count). The number of hydrogen-bond acceptors (Lipinski definition) is 8. The zero-order chi connectivity index (χ0) is 16.5.